The summed E-state index contributed by atoms with van der Waals surface area (Å²) >= 11 is 0. The molecule has 0 aromatic carbocycles. The minimum atomic E-state index is 0.524. The average Bonchev–Trinajstić information content (AvgIpc) is 2.88. The lowest BCUT2D eigenvalue weighted by Gasteiger charge is -2.13. The number of nitrogens with one attached hydrogen (secondary N) is 1. The van der Waals surface area contributed by atoms with Crippen LogP contribution in [0.25, 0.3) is 0 Å². The highest BCUT2D eigenvalue weighted by Gasteiger charge is 2.08. The Morgan fingerprint density at radius 2 is 1.79 bits per heavy atom. The van der Waals surface area contributed by atoms with E-state index in [1.165, 1.54) is 63.5 Å². The molecule has 1 unspecified atom stereocenters. The summed E-state index contributed by atoms with van der Waals surface area (Å²) in [7, 11) is 2.06. The molecule has 0 radical (unpaired) electrons. The zero-order chi connectivity index (χ0) is 13.9. The van der Waals surface area contributed by atoms with Crippen molar-refractivity contribution in [3.8, 4) is 0 Å². The summed E-state index contributed by atoms with van der Waals surface area (Å²) in [4.78, 5) is 0. The van der Waals surface area contributed by atoms with Gasteiger partial charge in [-0.2, -0.15) is 0 Å². The zero-order valence-electron chi connectivity index (χ0n) is 13.1. The fraction of sp³-hybridized carbons (Fsp3) is 0.765. The molecule has 1 aromatic rings. The van der Waals surface area contributed by atoms with E-state index >= 15 is 0 Å². The molecule has 1 atom stereocenters. The van der Waals surface area contributed by atoms with Crippen molar-refractivity contribution in [2.75, 3.05) is 7.05 Å². The van der Waals surface area contributed by atoms with Crippen molar-refractivity contribution in [2.45, 2.75) is 77.8 Å². The molecule has 19 heavy (non-hydrogen) atoms. The number of nitrogens with zero attached hydrogens (tertiary/aromatic N) is 1. The normalized spacial score (nSPS) is 12.8. The maximum atomic E-state index is 3.41. The Balaban J connectivity index is 2.26. The highest BCUT2D eigenvalue weighted by molar-refractivity contribution is 5.15. The first kappa shape index (κ1) is 16.3. The molecule has 0 bridgehead atoms. The third-order valence-corrected chi connectivity index (χ3v) is 3.87. The fourth-order valence-corrected chi connectivity index (χ4v) is 2.65. The molecule has 1 N–H and O–H groups in total. The second-order valence-electron chi connectivity index (χ2n) is 5.58. The molecule has 2 heteroatoms. The maximum Gasteiger partial charge on any atom is 0.0332 e. The van der Waals surface area contributed by atoms with E-state index in [1.54, 1.807) is 0 Å². The summed E-state index contributed by atoms with van der Waals surface area (Å²) in [5.41, 5.74) is 1.44. The van der Waals surface area contributed by atoms with Gasteiger partial charge in [0.05, 0.1) is 0 Å². The van der Waals surface area contributed by atoms with E-state index in [1.807, 2.05) is 0 Å². The standard InChI is InChI=1S/C17H32N2/c1-4-6-7-8-9-10-13-19-14-12-16(15-19)17(18-3)11-5-2/h12,14-15,17-18H,4-11,13H2,1-3H3. The second kappa shape index (κ2) is 10.1. The SMILES string of the molecule is CCCCCCCCn1ccc(C(CCC)NC)c1. The molecule has 1 aromatic heterocycles. The lowest BCUT2D eigenvalue weighted by Crippen LogP contribution is -2.15. The molecule has 0 aliphatic carbocycles. The quantitative estimate of drug-likeness (QED) is 0.562. The van der Waals surface area contributed by atoms with Crippen molar-refractivity contribution in [1.82, 2.24) is 9.88 Å². The molecular weight excluding hydrogens is 232 g/mol. The lowest BCUT2D eigenvalue weighted by atomic mass is 10.1. The topological polar surface area (TPSA) is 17.0 Å². The van der Waals surface area contributed by atoms with Crippen molar-refractivity contribution < 1.29 is 0 Å². The first-order valence-corrected chi connectivity index (χ1v) is 8.14. The summed E-state index contributed by atoms with van der Waals surface area (Å²) in [5.74, 6) is 0. The largest absolute Gasteiger partial charge is 0.354 e. The van der Waals surface area contributed by atoms with Gasteiger partial charge in [0.2, 0.25) is 0 Å². The van der Waals surface area contributed by atoms with Crippen LogP contribution in [0.15, 0.2) is 18.5 Å². The van der Waals surface area contributed by atoms with E-state index in [4.69, 9.17) is 0 Å². The Bertz CT molecular complexity index is 317. The summed E-state index contributed by atoms with van der Waals surface area (Å²) in [6.45, 7) is 5.70. The van der Waals surface area contributed by atoms with E-state index in [9.17, 15) is 0 Å². The maximum absolute atomic E-state index is 3.41. The van der Waals surface area contributed by atoms with Gasteiger partial charge in [-0.1, -0.05) is 52.4 Å². The highest BCUT2D eigenvalue weighted by Crippen LogP contribution is 2.18. The van der Waals surface area contributed by atoms with Gasteiger partial charge in [-0.15, -0.1) is 0 Å². The van der Waals surface area contributed by atoms with Crippen molar-refractivity contribution in [2.24, 2.45) is 0 Å². The Hall–Kier alpha value is -0.760. The molecule has 0 aliphatic heterocycles. The van der Waals surface area contributed by atoms with Crippen LogP contribution in [0.4, 0.5) is 0 Å². The molecule has 110 valence electrons. The molecule has 1 rings (SSSR count). The molecule has 2 nitrogen and oxygen atoms in total. The monoisotopic (exact) mass is 264 g/mol. The van der Waals surface area contributed by atoms with Crippen LogP contribution < -0.4 is 5.32 Å². The van der Waals surface area contributed by atoms with Gasteiger partial charge in [-0.25, -0.2) is 0 Å². The smallest absolute Gasteiger partial charge is 0.0332 e. The van der Waals surface area contributed by atoms with E-state index in [-0.39, 0.29) is 0 Å². The van der Waals surface area contributed by atoms with Crippen LogP contribution >= 0.6 is 0 Å². The van der Waals surface area contributed by atoms with E-state index in [0.29, 0.717) is 6.04 Å². The van der Waals surface area contributed by atoms with Crippen molar-refractivity contribution in [3.05, 3.63) is 24.0 Å². The molecule has 0 saturated carbocycles. The molecular formula is C17H32N2. The van der Waals surface area contributed by atoms with E-state index in [0.717, 1.165) is 0 Å². The second-order valence-corrected chi connectivity index (χ2v) is 5.58. The van der Waals surface area contributed by atoms with Crippen LogP contribution in [0.2, 0.25) is 0 Å². The number of hydrogen-bond donors (Lipinski definition) is 1. The van der Waals surface area contributed by atoms with Gasteiger partial charge in [-0.3, -0.25) is 0 Å². The van der Waals surface area contributed by atoms with E-state index in [2.05, 4.69) is 49.2 Å². The van der Waals surface area contributed by atoms with Gasteiger partial charge in [-0.05, 0) is 31.5 Å². The highest BCUT2D eigenvalue weighted by atomic mass is 14.9. The molecule has 0 amide bonds. The van der Waals surface area contributed by atoms with Crippen molar-refractivity contribution in [1.29, 1.82) is 0 Å². The molecule has 1 heterocycles. The minimum absolute atomic E-state index is 0.524. The Morgan fingerprint density at radius 3 is 2.47 bits per heavy atom. The van der Waals surface area contributed by atoms with Gasteiger partial charge in [0, 0.05) is 25.0 Å². The summed E-state index contributed by atoms with van der Waals surface area (Å²) < 4.78 is 2.36. The van der Waals surface area contributed by atoms with Gasteiger partial charge in [0.15, 0.2) is 0 Å². The van der Waals surface area contributed by atoms with Crippen LogP contribution in [0.3, 0.4) is 0 Å². The number of aryl methyl sites for hydroxylation is 1. The third kappa shape index (κ3) is 6.29. The summed E-state index contributed by atoms with van der Waals surface area (Å²) in [5, 5.41) is 3.41. The molecule has 0 fully saturated rings. The number of hydrogen-bond acceptors (Lipinski definition) is 1. The van der Waals surface area contributed by atoms with Gasteiger partial charge in [0.1, 0.15) is 0 Å². The predicted octanol–water partition coefficient (Wildman–Crippen LogP) is 4.91. The van der Waals surface area contributed by atoms with Crippen LogP contribution in [-0.4, -0.2) is 11.6 Å². The summed E-state index contributed by atoms with van der Waals surface area (Å²) in [6.07, 6.45) is 15.2. The van der Waals surface area contributed by atoms with Crippen LogP contribution in [-0.2, 0) is 6.54 Å². The first-order valence-electron chi connectivity index (χ1n) is 8.14. The van der Waals surface area contributed by atoms with Crippen LogP contribution in [0.5, 0.6) is 0 Å². The minimum Gasteiger partial charge on any atom is -0.354 e. The van der Waals surface area contributed by atoms with Crippen molar-refractivity contribution >= 4 is 0 Å². The Labute approximate surface area is 119 Å². The van der Waals surface area contributed by atoms with Gasteiger partial charge in [0.25, 0.3) is 0 Å². The summed E-state index contributed by atoms with van der Waals surface area (Å²) in [6, 6.07) is 2.80. The van der Waals surface area contributed by atoms with Crippen LogP contribution in [0.1, 0.15) is 76.8 Å². The predicted molar refractivity (Wildman–Crippen MR) is 84.5 cm³/mol. The molecule has 0 aliphatic rings. The third-order valence-electron chi connectivity index (χ3n) is 3.87. The zero-order valence-corrected chi connectivity index (χ0v) is 13.1. The molecule has 0 saturated heterocycles. The Morgan fingerprint density at radius 1 is 1.05 bits per heavy atom. The average molecular weight is 264 g/mol. The fourth-order valence-electron chi connectivity index (χ4n) is 2.65. The number of unbranched alkanes of at least 4 members (excludes halogenated alkanes) is 5. The van der Waals surface area contributed by atoms with Crippen LogP contribution in [0, 0.1) is 0 Å². The Kier molecular flexibility index (Phi) is 8.64. The number of rotatable bonds is 11. The van der Waals surface area contributed by atoms with Crippen molar-refractivity contribution in [3.63, 3.8) is 0 Å². The lowest BCUT2D eigenvalue weighted by molar-refractivity contribution is 0.535. The van der Waals surface area contributed by atoms with Gasteiger partial charge < -0.3 is 9.88 Å². The number of aromatic nitrogens is 1. The van der Waals surface area contributed by atoms with Gasteiger partial charge >= 0.3 is 0 Å². The first-order chi connectivity index (χ1) is 9.31. The molecule has 0 spiro atoms. The van der Waals surface area contributed by atoms with E-state index < -0.39 is 0 Å².